The van der Waals surface area contributed by atoms with Crippen LogP contribution in [0.3, 0.4) is 0 Å². The number of benzene rings is 1. The number of urea groups is 1. The summed E-state index contributed by atoms with van der Waals surface area (Å²) in [5.74, 6) is -0.354. The minimum atomic E-state index is -0.366. The Morgan fingerprint density at radius 3 is 2.80 bits per heavy atom. The first kappa shape index (κ1) is 17.2. The van der Waals surface area contributed by atoms with Crippen LogP contribution < -0.4 is 15.5 Å². The highest BCUT2D eigenvalue weighted by Gasteiger charge is 2.15. The largest absolute Gasteiger partial charge is 0.378 e. The van der Waals surface area contributed by atoms with Crippen LogP contribution in [0.5, 0.6) is 0 Å². The zero-order valence-electron chi connectivity index (χ0n) is 13.9. The van der Waals surface area contributed by atoms with Crippen molar-refractivity contribution in [2.75, 3.05) is 43.1 Å². The van der Waals surface area contributed by atoms with Gasteiger partial charge in [0.25, 0.3) is 0 Å². The van der Waals surface area contributed by atoms with E-state index in [0.29, 0.717) is 50.6 Å². The lowest BCUT2D eigenvalue weighted by Crippen LogP contribution is -2.36. The fourth-order valence-corrected chi connectivity index (χ4v) is 2.67. The SMILES string of the molecule is O=C(NCCc1ccccn1)Nc1ccc(N2CCOCC2)c(F)c1. The summed E-state index contributed by atoms with van der Waals surface area (Å²) in [7, 11) is 0. The highest BCUT2D eigenvalue weighted by Crippen LogP contribution is 2.23. The van der Waals surface area contributed by atoms with Gasteiger partial charge in [-0.1, -0.05) is 6.07 Å². The molecule has 1 saturated heterocycles. The maximum absolute atomic E-state index is 14.3. The summed E-state index contributed by atoms with van der Waals surface area (Å²) in [6, 6.07) is 10.0. The number of hydrogen-bond donors (Lipinski definition) is 2. The predicted molar refractivity (Wildman–Crippen MR) is 94.4 cm³/mol. The number of morpholine rings is 1. The van der Waals surface area contributed by atoms with Crippen molar-refractivity contribution in [3.05, 3.63) is 54.1 Å². The second-order valence-electron chi connectivity index (χ2n) is 5.72. The number of nitrogens with zero attached hydrogens (tertiary/aromatic N) is 2. The van der Waals surface area contributed by atoms with Crippen molar-refractivity contribution < 1.29 is 13.9 Å². The quantitative estimate of drug-likeness (QED) is 0.874. The molecule has 0 bridgehead atoms. The van der Waals surface area contributed by atoms with Crippen molar-refractivity contribution in [1.82, 2.24) is 10.3 Å². The molecule has 0 radical (unpaired) electrons. The molecule has 132 valence electrons. The zero-order valence-corrected chi connectivity index (χ0v) is 13.9. The highest BCUT2D eigenvalue weighted by molar-refractivity contribution is 5.89. The monoisotopic (exact) mass is 344 g/mol. The van der Waals surface area contributed by atoms with Gasteiger partial charge in [0, 0.05) is 43.6 Å². The third-order valence-corrected chi connectivity index (χ3v) is 3.95. The molecule has 2 N–H and O–H groups in total. The molecule has 1 aromatic heterocycles. The van der Waals surface area contributed by atoms with Gasteiger partial charge in [0.1, 0.15) is 5.82 Å². The minimum Gasteiger partial charge on any atom is -0.378 e. The number of nitrogens with one attached hydrogen (secondary N) is 2. The number of amides is 2. The molecule has 25 heavy (non-hydrogen) atoms. The maximum Gasteiger partial charge on any atom is 0.319 e. The summed E-state index contributed by atoms with van der Waals surface area (Å²) in [5, 5.41) is 5.38. The molecule has 1 aromatic carbocycles. The number of rotatable bonds is 5. The van der Waals surface area contributed by atoms with Gasteiger partial charge >= 0.3 is 6.03 Å². The molecule has 0 saturated carbocycles. The summed E-state index contributed by atoms with van der Waals surface area (Å²) < 4.78 is 19.6. The molecule has 1 aliphatic heterocycles. The molecule has 0 atom stereocenters. The number of carbonyl (C=O) groups excluding carboxylic acids is 1. The van der Waals surface area contributed by atoms with E-state index < -0.39 is 0 Å². The number of aromatic nitrogens is 1. The third-order valence-electron chi connectivity index (χ3n) is 3.95. The smallest absolute Gasteiger partial charge is 0.319 e. The van der Waals surface area contributed by atoms with Crippen molar-refractivity contribution in [2.24, 2.45) is 0 Å². The van der Waals surface area contributed by atoms with Crippen LogP contribution in [0, 0.1) is 5.82 Å². The van der Waals surface area contributed by atoms with Gasteiger partial charge in [-0.2, -0.15) is 0 Å². The first-order valence-electron chi connectivity index (χ1n) is 8.29. The summed E-state index contributed by atoms with van der Waals surface area (Å²) in [6.07, 6.45) is 2.35. The van der Waals surface area contributed by atoms with Gasteiger partial charge in [0.05, 0.1) is 18.9 Å². The molecule has 3 rings (SSSR count). The van der Waals surface area contributed by atoms with E-state index in [1.165, 1.54) is 6.07 Å². The second kappa shape index (κ2) is 8.43. The van der Waals surface area contributed by atoms with Crippen LogP contribution in [-0.2, 0) is 11.2 Å². The van der Waals surface area contributed by atoms with Crippen LogP contribution in [-0.4, -0.2) is 43.9 Å². The Kier molecular flexibility index (Phi) is 5.79. The average Bonchev–Trinajstić information content (AvgIpc) is 2.63. The normalized spacial score (nSPS) is 14.2. The highest BCUT2D eigenvalue weighted by atomic mass is 19.1. The van der Waals surface area contributed by atoms with E-state index in [-0.39, 0.29) is 11.8 Å². The molecule has 7 heteroatoms. The Morgan fingerprint density at radius 2 is 2.08 bits per heavy atom. The Labute approximate surface area is 146 Å². The van der Waals surface area contributed by atoms with Crippen molar-refractivity contribution in [3.63, 3.8) is 0 Å². The van der Waals surface area contributed by atoms with Crippen molar-refractivity contribution >= 4 is 17.4 Å². The summed E-state index contributed by atoms with van der Waals surface area (Å²) >= 11 is 0. The van der Waals surface area contributed by atoms with E-state index in [0.717, 1.165) is 5.69 Å². The second-order valence-corrected chi connectivity index (χ2v) is 5.72. The van der Waals surface area contributed by atoms with Crippen molar-refractivity contribution in [2.45, 2.75) is 6.42 Å². The van der Waals surface area contributed by atoms with Crippen LogP contribution in [0.15, 0.2) is 42.6 Å². The number of pyridine rings is 1. The van der Waals surface area contributed by atoms with Crippen LogP contribution in [0.4, 0.5) is 20.6 Å². The molecular weight excluding hydrogens is 323 g/mol. The van der Waals surface area contributed by atoms with Gasteiger partial charge in [-0.05, 0) is 30.3 Å². The molecule has 2 aromatic rings. The van der Waals surface area contributed by atoms with Gasteiger partial charge in [0.15, 0.2) is 0 Å². The third kappa shape index (κ3) is 4.90. The number of ether oxygens (including phenoxy) is 1. The number of hydrogen-bond acceptors (Lipinski definition) is 4. The van der Waals surface area contributed by atoms with Crippen LogP contribution >= 0.6 is 0 Å². The fourth-order valence-electron chi connectivity index (χ4n) is 2.67. The van der Waals surface area contributed by atoms with Gasteiger partial charge in [-0.25, -0.2) is 9.18 Å². The summed E-state index contributed by atoms with van der Waals surface area (Å²) in [6.45, 7) is 2.98. The number of carbonyl (C=O) groups is 1. The molecule has 0 unspecified atom stereocenters. The predicted octanol–water partition coefficient (Wildman–Crippen LogP) is 2.42. The van der Waals surface area contributed by atoms with Crippen LogP contribution in [0.25, 0.3) is 0 Å². The van der Waals surface area contributed by atoms with E-state index in [1.54, 1.807) is 18.3 Å². The Hall–Kier alpha value is -2.67. The van der Waals surface area contributed by atoms with E-state index in [1.807, 2.05) is 23.1 Å². The van der Waals surface area contributed by atoms with E-state index in [9.17, 15) is 9.18 Å². The minimum absolute atomic E-state index is 0.354. The zero-order chi connectivity index (χ0) is 17.5. The van der Waals surface area contributed by atoms with Crippen LogP contribution in [0.2, 0.25) is 0 Å². The first-order valence-corrected chi connectivity index (χ1v) is 8.29. The Bertz CT molecular complexity index is 705. The summed E-state index contributed by atoms with van der Waals surface area (Å²) in [5.41, 5.74) is 1.86. The number of anilines is 2. The standard InChI is InChI=1S/C18H21FN4O2/c19-16-13-15(4-5-17(16)23-9-11-25-12-10-23)22-18(24)21-8-6-14-3-1-2-7-20-14/h1-5,7,13H,6,8-12H2,(H2,21,22,24). The lowest BCUT2D eigenvalue weighted by atomic mass is 10.2. The molecule has 2 heterocycles. The van der Waals surface area contributed by atoms with Crippen molar-refractivity contribution in [3.8, 4) is 0 Å². The van der Waals surface area contributed by atoms with Gasteiger partial charge in [-0.15, -0.1) is 0 Å². The average molecular weight is 344 g/mol. The Balaban J connectivity index is 1.50. The van der Waals surface area contributed by atoms with Gasteiger partial charge in [-0.3, -0.25) is 4.98 Å². The first-order chi connectivity index (χ1) is 12.2. The lowest BCUT2D eigenvalue weighted by molar-refractivity contribution is 0.122. The summed E-state index contributed by atoms with van der Waals surface area (Å²) in [4.78, 5) is 18.0. The fraction of sp³-hybridized carbons (Fsp3) is 0.333. The van der Waals surface area contributed by atoms with Crippen LogP contribution in [0.1, 0.15) is 5.69 Å². The lowest BCUT2D eigenvalue weighted by Gasteiger charge is -2.29. The molecule has 2 amide bonds. The van der Waals surface area contributed by atoms with E-state index in [4.69, 9.17) is 4.74 Å². The van der Waals surface area contributed by atoms with Gasteiger partial charge < -0.3 is 20.3 Å². The molecular formula is C18H21FN4O2. The van der Waals surface area contributed by atoms with E-state index in [2.05, 4.69) is 15.6 Å². The van der Waals surface area contributed by atoms with E-state index >= 15 is 0 Å². The topological polar surface area (TPSA) is 66.5 Å². The molecule has 6 nitrogen and oxygen atoms in total. The molecule has 0 aliphatic carbocycles. The van der Waals surface area contributed by atoms with Gasteiger partial charge in [0.2, 0.25) is 0 Å². The maximum atomic E-state index is 14.3. The number of halogens is 1. The molecule has 0 spiro atoms. The van der Waals surface area contributed by atoms with Crippen molar-refractivity contribution in [1.29, 1.82) is 0 Å². The molecule has 1 fully saturated rings. The Morgan fingerprint density at radius 1 is 1.24 bits per heavy atom. The molecule has 1 aliphatic rings.